The molecule has 6 heteroatoms. The highest BCUT2D eigenvalue weighted by Crippen LogP contribution is 2.44. The number of nitrogens with zero attached hydrogens (tertiary/aromatic N) is 3. The van der Waals surface area contributed by atoms with Gasteiger partial charge in [-0.3, -0.25) is 19.5 Å². The van der Waals surface area contributed by atoms with Crippen LogP contribution in [0.15, 0.2) is 90.4 Å². The second-order valence-corrected chi connectivity index (χ2v) is 8.97. The number of benzene rings is 2. The van der Waals surface area contributed by atoms with Crippen LogP contribution < -0.4 is 10.2 Å². The van der Waals surface area contributed by atoms with E-state index in [1.165, 1.54) is 0 Å². The third-order valence-corrected chi connectivity index (χ3v) is 6.74. The second kappa shape index (κ2) is 7.89. The maximum atomic E-state index is 14.0. The van der Waals surface area contributed by atoms with E-state index in [0.29, 0.717) is 17.6 Å². The molecule has 2 aliphatic heterocycles. The van der Waals surface area contributed by atoms with Gasteiger partial charge in [-0.2, -0.15) is 0 Å². The standard InChI is InChI=1S/C27H26N4O2/c1-27(2)24-23(26(33)30(27)3)22(17-18-9-5-4-6-10-18)31(21-12-8-7-11-20(21)29-24)25(32)19-13-15-28-16-14-19/h4-16,22,29H,17H2,1-3H3. The Morgan fingerprint density at radius 1 is 1.00 bits per heavy atom. The summed E-state index contributed by atoms with van der Waals surface area (Å²) in [6, 6.07) is 20.7. The van der Waals surface area contributed by atoms with Crippen LogP contribution in [0.5, 0.6) is 0 Å². The molecule has 3 aromatic rings. The van der Waals surface area contributed by atoms with E-state index in [9.17, 15) is 9.59 Å². The highest BCUT2D eigenvalue weighted by Gasteiger charge is 2.49. The van der Waals surface area contributed by atoms with Crippen molar-refractivity contribution in [2.24, 2.45) is 0 Å². The smallest absolute Gasteiger partial charge is 0.259 e. The SMILES string of the molecule is CN1C(=O)C2=C(Nc3ccccc3N(C(=O)c3ccncc3)C2Cc2ccccc2)C1(C)C. The maximum Gasteiger partial charge on any atom is 0.259 e. The highest BCUT2D eigenvalue weighted by atomic mass is 16.2. The molecule has 0 fully saturated rings. The molecule has 1 N–H and O–H groups in total. The minimum atomic E-state index is -0.538. The first kappa shape index (κ1) is 20.9. The van der Waals surface area contributed by atoms with Crippen LogP contribution >= 0.6 is 0 Å². The molecule has 0 radical (unpaired) electrons. The number of para-hydroxylation sites is 2. The molecule has 33 heavy (non-hydrogen) atoms. The molecule has 6 nitrogen and oxygen atoms in total. The lowest BCUT2D eigenvalue weighted by atomic mass is 9.92. The summed E-state index contributed by atoms with van der Waals surface area (Å²) < 4.78 is 0. The third-order valence-electron chi connectivity index (χ3n) is 6.74. The van der Waals surface area contributed by atoms with Crippen molar-refractivity contribution >= 4 is 23.2 Å². The topological polar surface area (TPSA) is 65.5 Å². The zero-order chi connectivity index (χ0) is 23.2. The summed E-state index contributed by atoms with van der Waals surface area (Å²) in [4.78, 5) is 35.2. The number of hydrogen-bond acceptors (Lipinski definition) is 4. The fourth-order valence-electron chi connectivity index (χ4n) is 4.70. The van der Waals surface area contributed by atoms with Crippen LogP contribution in [0.4, 0.5) is 11.4 Å². The summed E-state index contributed by atoms with van der Waals surface area (Å²) in [6.07, 6.45) is 3.75. The zero-order valence-corrected chi connectivity index (χ0v) is 18.9. The molecule has 2 aliphatic rings. The average molecular weight is 439 g/mol. The van der Waals surface area contributed by atoms with Crippen LogP contribution in [-0.4, -0.2) is 40.3 Å². The van der Waals surface area contributed by atoms with E-state index < -0.39 is 11.6 Å². The summed E-state index contributed by atoms with van der Waals surface area (Å²) in [5, 5.41) is 3.54. The van der Waals surface area contributed by atoms with Gasteiger partial charge in [0.05, 0.1) is 34.2 Å². The minimum Gasteiger partial charge on any atom is -0.355 e. The van der Waals surface area contributed by atoms with Crippen molar-refractivity contribution in [2.75, 3.05) is 17.3 Å². The molecule has 0 saturated heterocycles. The lowest BCUT2D eigenvalue weighted by Gasteiger charge is -2.34. The van der Waals surface area contributed by atoms with E-state index in [-0.39, 0.29) is 11.8 Å². The molecular weight excluding hydrogens is 412 g/mol. The average Bonchev–Trinajstić information content (AvgIpc) is 2.94. The summed E-state index contributed by atoms with van der Waals surface area (Å²) in [5.41, 5.74) is 4.07. The lowest BCUT2D eigenvalue weighted by molar-refractivity contribution is -0.127. The van der Waals surface area contributed by atoms with Crippen molar-refractivity contribution in [1.82, 2.24) is 9.88 Å². The highest BCUT2D eigenvalue weighted by molar-refractivity contribution is 6.12. The van der Waals surface area contributed by atoms with Crippen LogP contribution in [0.2, 0.25) is 0 Å². The molecule has 0 bridgehead atoms. The van der Waals surface area contributed by atoms with Gasteiger partial charge in [-0.1, -0.05) is 42.5 Å². The van der Waals surface area contributed by atoms with Crippen LogP contribution in [-0.2, 0) is 11.2 Å². The summed E-state index contributed by atoms with van der Waals surface area (Å²) in [7, 11) is 1.82. The van der Waals surface area contributed by atoms with Crippen LogP contribution in [0.25, 0.3) is 0 Å². The number of nitrogens with one attached hydrogen (secondary N) is 1. The molecule has 5 rings (SSSR count). The zero-order valence-electron chi connectivity index (χ0n) is 18.9. The molecule has 1 unspecified atom stereocenters. The molecule has 1 atom stereocenters. The number of amides is 2. The van der Waals surface area contributed by atoms with Gasteiger partial charge in [0, 0.05) is 25.0 Å². The largest absolute Gasteiger partial charge is 0.355 e. The van der Waals surface area contributed by atoms with Crippen molar-refractivity contribution in [3.8, 4) is 0 Å². The van der Waals surface area contributed by atoms with Crippen LogP contribution in [0, 0.1) is 0 Å². The van der Waals surface area contributed by atoms with Crippen molar-refractivity contribution in [1.29, 1.82) is 0 Å². The molecule has 2 aromatic carbocycles. The number of hydrogen-bond donors (Lipinski definition) is 1. The summed E-state index contributed by atoms with van der Waals surface area (Å²) in [6.45, 7) is 4.06. The molecule has 0 aliphatic carbocycles. The second-order valence-electron chi connectivity index (χ2n) is 8.97. The Morgan fingerprint density at radius 2 is 1.67 bits per heavy atom. The third kappa shape index (κ3) is 3.39. The number of carbonyl (C=O) groups is 2. The molecule has 3 heterocycles. The van der Waals surface area contributed by atoms with Gasteiger partial charge < -0.3 is 10.2 Å². The number of carbonyl (C=O) groups excluding carboxylic acids is 2. The molecule has 1 aromatic heterocycles. The Morgan fingerprint density at radius 3 is 2.39 bits per heavy atom. The predicted molar refractivity (Wildman–Crippen MR) is 129 cm³/mol. The number of fused-ring (bicyclic) bond motifs is 1. The van der Waals surface area contributed by atoms with Gasteiger partial charge in [0.2, 0.25) is 0 Å². The first-order chi connectivity index (χ1) is 15.9. The van der Waals surface area contributed by atoms with Crippen LogP contribution in [0.1, 0.15) is 29.8 Å². The summed E-state index contributed by atoms with van der Waals surface area (Å²) >= 11 is 0. The number of likely N-dealkylation sites (N-methyl/N-ethyl adjacent to an activating group) is 1. The van der Waals surface area contributed by atoms with E-state index in [1.54, 1.807) is 34.3 Å². The van der Waals surface area contributed by atoms with Gasteiger partial charge in [0.25, 0.3) is 11.8 Å². The predicted octanol–water partition coefficient (Wildman–Crippen LogP) is 4.27. The number of aromatic nitrogens is 1. The normalized spacial score (nSPS) is 19.0. The van der Waals surface area contributed by atoms with Gasteiger partial charge in [-0.15, -0.1) is 0 Å². The van der Waals surface area contributed by atoms with Gasteiger partial charge in [-0.25, -0.2) is 0 Å². The van der Waals surface area contributed by atoms with E-state index in [4.69, 9.17) is 0 Å². The van der Waals surface area contributed by atoms with Crippen LogP contribution in [0.3, 0.4) is 0 Å². The first-order valence-corrected chi connectivity index (χ1v) is 11.1. The Labute approximate surface area is 193 Å². The van der Waals surface area contributed by atoms with Crippen molar-refractivity contribution in [2.45, 2.75) is 31.8 Å². The number of pyridine rings is 1. The number of anilines is 2. The molecular formula is C27H26N4O2. The molecule has 0 saturated carbocycles. The molecule has 2 amide bonds. The molecule has 166 valence electrons. The summed E-state index contributed by atoms with van der Waals surface area (Å²) in [5.74, 6) is -0.231. The van der Waals surface area contributed by atoms with Gasteiger partial charge in [0.15, 0.2) is 0 Å². The number of rotatable bonds is 3. The van der Waals surface area contributed by atoms with E-state index in [2.05, 4.69) is 10.3 Å². The van der Waals surface area contributed by atoms with E-state index in [1.807, 2.05) is 75.5 Å². The molecule has 0 spiro atoms. The Balaban J connectivity index is 1.75. The minimum absolute atomic E-state index is 0.0660. The quantitative estimate of drug-likeness (QED) is 0.663. The lowest BCUT2D eigenvalue weighted by Crippen LogP contribution is -2.46. The fourth-order valence-corrected chi connectivity index (χ4v) is 4.70. The van der Waals surface area contributed by atoms with Crippen molar-refractivity contribution in [3.63, 3.8) is 0 Å². The monoisotopic (exact) mass is 438 g/mol. The van der Waals surface area contributed by atoms with E-state index in [0.717, 1.165) is 22.6 Å². The van der Waals surface area contributed by atoms with Crippen molar-refractivity contribution in [3.05, 3.63) is 102 Å². The Hall–Kier alpha value is -3.93. The fraction of sp³-hybridized carbons (Fsp3) is 0.222. The van der Waals surface area contributed by atoms with Gasteiger partial charge >= 0.3 is 0 Å². The van der Waals surface area contributed by atoms with E-state index >= 15 is 0 Å². The van der Waals surface area contributed by atoms with Gasteiger partial charge in [0.1, 0.15) is 0 Å². The maximum absolute atomic E-state index is 14.0. The first-order valence-electron chi connectivity index (χ1n) is 11.1. The Bertz CT molecular complexity index is 1250. The Kier molecular flexibility index (Phi) is 5.01. The van der Waals surface area contributed by atoms with Gasteiger partial charge in [-0.05, 0) is 50.1 Å². The van der Waals surface area contributed by atoms with Crippen molar-refractivity contribution < 1.29 is 9.59 Å².